The summed E-state index contributed by atoms with van der Waals surface area (Å²) in [5.41, 5.74) is 5.24. The summed E-state index contributed by atoms with van der Waals surface area (Å²) < 4.78 is 67.4. The topological polar surface area (TPSA) is 38.0 Å². The number of hydrogen-bond donors (Lipinski definition) is 2. The largest absolute Gasteiger partial charge is 0.376 e. The van der Waals surface area contributed by atoms with Gasteiger partial charge in [-0.05, 0) is 6.07 Å². The Bertz CT molecular complexity index is 709. The molecule has 0 saturated heterocycles. The smallest absolute Gasteiger partial charge is 0.134 e. The molecule has 0 spiro atoms. The molecule has 0 saturated carbocycles. The second-order valence-electron chi connectivity index (χ2n) is 4.78. The number of benzene rings is 2. The van der Waals surface area contributed by atoms with Crippen LogP contribution in [0, 0.1) is 29.1 Å². The van der Waals surface area contributed by atoms with Crippen molar-refractivity contribution < 1.29 is 22.0 Å². The molecule has 3 N–H and O–H groups in total. The Morgan fingerprint density at radius 2 is 1.24 bits per heavy atom. The van der Waals surface area contributed by atoms with Crippen molar-refractivity contribution in [3.8, 4) is 0 Å². The summed E-state index contributed by atoms with van der Waals surface area (Å²) in [6.45, 7) is 0. The second kappa shape index (κ2) is 4.70. The molecule has 1 heterocycles. The van der Waals surface area contributed by atoms with Gasteiger partial charge in [-0.2, -0.15) is 0 Å². The molecule has 2 aromatic rings. The van der Waals surface area contributed by atoms with Gasteiger partial charge in [0.2, 0.25) is 0 Å². The van der Waals surface area contributed by atoms with Crippen molar-refractivity contribution in [3.05, 3.63) is 64.5 Å². The van der Waals surface area contributed by atoms with Crippen LogP contribution in [0.3, 0.4) is 0 Å². The van der Waals surface area contributed by atoms with Crippen LogP contribution in [0.25, 0.3) is 0 Å². The summed E-state index contributed by atoms with van der Waals surface area (Å²) in [6, 6.07) is 0.351. The van der Waals surface area contributed by atoms with Gasteiger partial charge in [0.25, 0.3) is 0 Å². The van der Waals surface area contributed by atoms with Crippen LogP contribution >= 0.6 is 0 Å². The van der Waals surface area contributed by atoms with Crippen molar-refractivity contribution in [2.24, 2.45) is 5.73 Å². The molecule has 0 amide bonds. The fourth-order valence-corrected chi connectivity index (χ4v) is 2.57. The summed E-state index contributed by atoms with van der Waals surface area (Å²) in [6.07, 6.45) is 0. The number of nitrogens with two attached hydrogens (primary N) is 1. The van der Waals surface area contributed by atoms with Crippen molar-refractivity contribution >= 4 is 5.69 Å². The minimum atomic E-state index is -1.16. The molecule has 21 heavy (non-hydrogen) atoms. The first kappa shape index (κ1) is 13.8. The summed E-state index contributed by atoms with van der Waals surface area (Å²) in [5.74, 6) is -5.11. The van der Waals surface area contributed by atoms with Gasteiger partial charge in [-0.1, -0.05) is 0 Å². The molecule has 2 atom stereocenters. The fraction of sp³-hybridized carbons (Fsp3) is 0.143. The predicted octanol–water partition coefficient (Wildman–Crippen LogP) is 3.55. The first-order valence-electron chi connectivity index (χ1n) is 6.04. The van der Waals surface area contributed by atoms with E-state index in [1.807, 2.05) is 0 Å². The molecular formula is C14H9F5N2. The Labute approximate surface area is 116 Å². The van der Waals surface area contributed by atoms with E-state index in [0.29, 0.717) is 18.2 Å². The van der Waals surface area contributed by atoms with Crippen molar-refractivity contribution in [1.82, 2.24) is 0 Å². The number of hydrogen-bond acceptors (Lipinski definition) is 2. The fourth-order valence-electron chi connectivity index (χ4n) is 2.57. The molecule has 2 aromatic carbocycles. The minimum Gasteiger partial charge on any atom is -0.376 e. The van der Waals surface area contributed by atoms with Gasteiger partial charge in [0.15, 0.2) is 0 Å². The van der Waals surface area contributed by atoms with Crippen LogP contribution in [0.5, 0.6) is 0 Å². The van der Waals surface area contributed by atoms with Crippen LogP contribution in [0.2, 0.25) is 0 Å². The lowest BCUT2D eigenvalue weighted by Crippen LogP contribution is -2.21. The standard InChI is InChI=1S/C14H9F5N2/c15-5-1-7(17)11(8(18)2-5)14-13(20)12-9(19)3-6(16)4-10(12)21-14/h1-4,13-14,21H,20H2. The summed E-state index contributed by atoms with van der Waals surface area (Å²) in [7, 11) is 0. The van der Waals surface area contributed by atoms with Crippen LogP contribution in [0.4, 0.5) is 27.6 Å². The van der Waals surface area contributed by atoms with Crippen LogP contribution in [0.1, 0.15) is 23.2 Å². The first-order valence-corrected chi connectivity index (χ1v) is 6.04. The van der Waals surface area contributed by atoms with Gasteiger partial charge in [0.1, 0.15) is 29.1 Å². The maximum absolute atomic E-state index is 13.8. The van der Waals surface area contributed by atoms with E-state index in [4.69, 9.17) is 5.73 Å². The van der Waals surface area contributed by atoms with Gasteiger partial charge >= 0.3 is 0 Å². The Hall–Kier alpha value is -2.15. The highest BCUT2D eigenvalue weighted by atomic mass is 19.2. The second-order valence-corrected chi connectivity index (χ2v) is 4.78. The highest BCUT2D eigenvalue weighted by Crippen LogP contribution is 2.44. The lowest BCUT2D eigenvalue weighted by molar-refractivity contribution is 0.488. The quantitative estimate of drug-likeness (QED) is 0.790. The van der Waals surface area contributed by atoms with Crippen LogP contribution in [-0.2, 0) is 0 Å². The van der Waals surface area contributed by atoms with Gasteiger partial charge < -0.3 is 11.1 Å². The summed E-state index contributed by atoms with van der Waals surface area (Å²) in [4.78, 5) is 0. The lowest BCUT2D eigenvalue weighted by atomic mass is 9.97. The Morgan fingerprint density at radius 3 is 1.81 bits per heavy atom. The third kappa shape index (κ3) is 2.13. The van der Waals surface area contributed by atoms with Crippen LogP contribution in [-0.4, -0.2) is 0 Å². The van der Waals surface area contributed by atoms with Gasteiger partial charge in [-0.15, -0.1) is 0 Å². The number of fused-ring (bicyclic) bond motifs is 1. The van der Waals surface area contributed by atoms with E-state index >= 15 is 0 Å². The molecule has 0 aromatic heterocycles. The lowest BCUT2D eigenvalue weighted by Gasteiger charge is -2.18. The Morgan fingerprint density at radius 1 is 0.762 bits per heavy atom. The van der Waals surface area contributed by atoms with Crippen molar-refractivity contribution in [3.63, 3.8) is 0 Å². The van der Waals surface area contributed by atoms with Crippen molar-refractivity contribution in [1.29, 1.82) is 0 Å². The predicted molar refractivity (Wildman–Crippen MR) is 66.0 cm³/mol. The average Bonchev–Trinajstić information content (AvgIpc) is 2.65. The number of rotatable bonds is 1. The zero-order chi connectivity index (χ0) is 15.3. The summed E-state index contributed by atoms with van der Waals surface area (Å²) >= 11 is 0. The zero-order valence-corrected chi connectivity index (χ0v) is 10.4. The van der Waals surface area contributed by atoms with E-state index in [0.717, 1.165) is 6.07 Å². The Balaban J connectivity index is 2.10. The van der Waals surface area contributed by atoms with E-state index in [-0.39, 0.29) is 11.3 Å². The first-order chi connectivity index (χ1) is 9.88. The van der Waals surface area contributed by atoms with E-state index in [2.05, 4.69) is 5.32 Å². The minimum absolute atomic E-state index is 0.0214. The maximum Gasteiger partial charge on any atom is 0.134 e. The molecule has 2 nitrogen and oxygen atoms in total. The molecule has 3 rings (SSSR count). The van der Waals surface area contributed by atoms with E-state index < -0.39 is 46.7 Å². The van der Waals surface area contributed by atoms with E-state index in [1.165, 1.54) is 0 Å². The molecule has 0 radical (unpaired) electrons. The average molecular weight is 300 g/mol. The third-order valence-electron chi connectivity index (χ3n) is 3.45. The summed E-state index contributed by atoms with van der Waals surface area (Å²) in [5, 5.41) is 2.58. The third-order valence-corrected chi connectivity index (χ3v) is 3.45. The molecule has 0 fully saturated rings. The van der Waals surface area contributed by atoms with Gasteiger partial charge in [-0.25, -0.2) is 22.0 Å². The van der Waals surface area contributed by atoms with Gasteiger partial charge in [0.05, 0.1) is 12.1 Å². The van der Waals surface area contributed by atoms with Crippen LogP contribution in [0.15, 0.2) is 24.3 Å². The molecule has 1 aliphatic rings. The zero-order valence-electron chi connectivity index (χ0n) is 10.4. The highest BCUT2D eigenvalue weighted by molar-refractivity contribution is 5.61. The molecule has 0 aliphatic carbocycles. The molecule has 1 aliphatic heterocycles. The van der Waals surface area contributed by atoms with Crippen LogP contribution < -0.4 is 11.1 Å². The van der Waals surface area contributed by atoms with Crippen molar-refractivity contribution in [2.75, 3.05) is 5.32 Å². The maximum atomic E-state index is 13.8. The van der Waals surface area contributed by atoms with Gasteiger partial charge in [0, 0.05) is 35.0 Å². The molecule has 0 bridgehead atoms. The number of nitrogens with one attached hydrogen (secondary N) is 1. The number of halogens is 5. The molecule has 2 unspecified atom stereocenters. The van der Waals surface area contributed by atoms with E-state index in [9.17, 15) is 22.0 Å². The number of anilines is 1. The molecular weight excluding hydrogens is 291 g/mol. The highest BCUT2D eigenvalue weighted by Gasteiger charge is 2.36. The van der Waals surface area contributed by atoms with Crippen molar-refractivity contribution in [2.45, 2.75) is 12.1 Å². The van der Waals surface area contributed by atoms with Gasteiger partial charge in [-0.3, -0.25) is 0 Å². The monoisotopic (exact) mass is 300 g/mol. The molecule has 7 heteroatoms. The van der Waals surface area contributed by atoms with E-state index in [1.54, 1.807) is 0 Å². The molecule has 110 valence electrons. The Kier molecular flexibility index (Phi) is 3.09. The normalized spacial score (nSPS) is 20.3. The SMILES string of the molecule is NC1c2c(F)cc(F)cc2NC1c1c(F)cc(F)cc1F.